The topological polar surface area (TPSA) is 80.5 Å². The summed E-state index contributed by atoms with van der Waals surface area (Å²) in [6.07, 6.45) is 3.38. The van der Waals surface area contributed by atoms with Crippen LogP contribution in [0, 0.1) is 19.4 Å². The fraction of sp³-hybridized carbons (Fsp3) is 0.259. The van der Waals surface area contributed by atoms with Gasteiger partial charge < -0.3 is 14.6 Å². The molecule has 1 amide bonds. The van der Waals surface area contributed by atoms with Crippen LogP contribution in [0.3, 0.4) is 0 Å². The number of rotatable bonds is 4. The minimum Gasteiger partial charge on any atom is -0.396 e. The van der Waals surface area contributed by atoms with Gasteiger partial charge in [-0.1, -0.05) is 24.3 Å². The SMILES string of the molecule is [C-]#[N+]c1ccc(-c2cc3n(c2)Cc2cc(N4CCC(CCO)C4=O)ccc2-n2c(C)nnc2-3)cc1. The van der Waals surface area contributed by atoms with Crippen molar-refractivity contribution in [2.24, 2.45) is 5.92 Å². The van der Waals surface area contributed by atoms with Gasteiger partial charge in [0.1, 0.15) is 5.82 Å². The number of anilines is 1. The quantitative estimate of drug-likeness (QED) is 0.401. The predicted molar refractivity (Wildman–Crippen MR) is 132 cm³/mol. The molecule has 2 aliphatic rings. The molecule has 174 valence electrons. The first-order chi connectivity index (χ1) is 17.1. The van der Waals surface area contributed by atoms with Crippen LogP contribution in [0.4, 0.5) is 11.4 Å². The van der Waals surface area contributed by atoms with Gasteiger partial charge in [-0.05, 0) is 55.2 Å². The Morgan fingerprint density at radius 2 is 1.94 bits per heavy atom. The van der Waals surface area contributed by atoms with Crippen LogP contribution < -0.4 is 4.90 Å². The zero-order valence-corrected chi connectivity index (χ0v) is 19.3. The Morgan fingerprint density at radius 1 is 1.11 bits per heavy atom. The average molecular weight is 465 g/mol. The Kier molecular flexibility index (Phi) is 5.01. The lowest BCUT2D eigenvalue weighted by atomic mass is 10.1. The summed E-state index contributed by atoms with van der Waals surface area (Å²) < 4.78 is 4.25. The van der Waals surface area contributed by atoms with Gasteiger partial charge in [-0.15, -0.1) is 10.2 Å². The maximum Gasteiger partial charge on any atom is 0.230 e. The summed E-state index contributed by atoms with van der Waals surface area (Å²) >= 11 is 0. The van der Waals surface area contributed by atoms with Gasteiger partial charge in [0.25, 0.3) is 0 Å². The summed E-state index contributed by atoms with van der Waals surface area (Å²) in [6, 6.07) is 15.8. The second kappa shape index (κ2) is 8.22. The third kappa shape index (κ3) is 3.44. The largest absolute Gasteiger partial charge is 0.396 e. The molecule has 0 radical (unpaired) electrons. The summed E-state index contributed by atoms with van der Waals surface area (Å²) in [4.78, 5) is 18.2. The fourth-order valence-electron chi connectivity index (χ4n) is 5.22. The number of benzene rings is 2. The van der Waals surface area contributed by atoms with E-state index in [0.717, 1.165) is 51.8 Å². The van der Waals surface area contributed by atoms with E-state index < -0.39 is 0 Å². The summed E-state index contributed by atoms with van der Waals surface area (Å²) in [5, 5.41) is 18.2. The lowest BCUT2D eigenvalue weighted by Gasteiger charge is -2.19. The van der Waals surface area contributed by atoms with E-state index in [4.69, 9.17) is 6.57 Å². The molecule has 35 heavy (non-hydrogen) atoms. The van der Waals surface area contributed by atoms with E-state index in [2.05, 4.69) is 42.5 Å². The molecule has 4 aromatic rings. The van der Waals surface area contributed by atoms with Crippen molar-refractivity contribution in [1.82, 2.24) is 19.3 Å². The maximum absolute atomic E-state index is 12.9. The number of aliphatic hydroxyl groups excluding tert-OH is 1. The second-order valence-electron chi connectivity index (χ2n) is 9.11. The first-order valence-corrected chi connectivity index (χ1v) is 11.7. The van der Waals surface area contributed by atoms with Crippen molar-refractivity contribution in [2.45, 2.75) is 26.3 Å². The number of fused-ring (bicyclic) bond motifs is 5. The highest BCUT2D eigenvalue weighted by Crippen LogP contribution is 2.37. The van der Waals surface area contributed by atoms with Crippen molar-refractivity contribution in [3.63, 3.8) is 0 Å². The molecule has 0 spiro atoms. The van der Waals surface area contributed by atoms with Crippen LogP contribution in [0.1, 0.15) is 24.2 Å². The number of amides is 1. The molecule has 2 aromatic heterocycles. The van der Waals surface area contributed by atoms with E-state index in [1.807, 2.05) is 48.2 Å². The van der Waals surface area contributed by atoms with Crippen molar-refractivity contribution in [3.8, 4) is 28.3 Å². The van der Waals surface area contributed by atoms with Gasteiger partial charge in [-0.25, -0.2) is 4.85 Å². The molecule has 8 heteroatoms. The third-order valence-corrected chi connectivity index (χ3v) is 7.03. The van der Waals surface area contributed by atoms with Crippen LogP contribution in [0.25, 0.3) is 33.2 Å². The standard InChI is InChI=1S/C27H24N6O2/c1-17-29-30-26-25-14-20(18-3-5-22(28-2)6-4-18)15-31(25)16-21-13-23(7-8-24(21)33(17)26)32-11-9-19(10-12-34)27(32)35/h3-8,13-15,19,34H,9-12,16H2,1H3. The second-order valence-corrected chi connectivity index (χ2v) is 9.11. The van der Waals surface area contributed by atoms with Gasteiger partial charge >= 0.3 is 0 Å². The lowest BCUT2D eigenvalue weighted by molar-refractivity contribution is -0.120. The number of aromatic nitrogens is 4. The van der Waals surface area contributed by atoms with E-state index >= 15 is 0 Å². The molecule has 1 atom stereocenters. The number of aryl methyl sites for hydroxylation is 1. The molecule has 1 unspecified atom stereocenters. The minimum atomic E-state index is -0.113. The highest BCUT2D eigenvalue weighted by atomic mass is 16.3. The number of carbonyl (C=O) groups excluding carboxylic acids is 1. The first kappa shape index (κ1) is 21.3. The van der Waals surface area contributed by atoms with Crippen LogP contribution >= 0.6 is 0 Å². The van der Waals surface area contributed by atoms with Crippen LogP contribution in [0.5, 0.6) is 0 Å². The number of nitrogens with zero attached hydrogens (tertiary/aromatic N) is 6. The van der Waals surface area contributed by atoms with E-state index in [1.54, 1.807) is 0 Å². The molecule has 1 N–H and O–H groups in total. The van der Waals surface area contributed by atoms with Crippen molar-refractivity contribution in [3.05, 3.63) is 77.5 Å². The normalized spacial score (nSPS) is 16.4. The number of hydrogen-bond acceptors (Lipinski definition) is 4. The van der Waals surface area contributed by atoms with Crippen molar-refractivity contribution < 1.29 is 9.90 Å². The molecule has 0 bridgehead atoms. The zero-order chi connectivity index (χ0) is 24.1. The van der Waals surface area contributed by atoms with Gasteiger partial charge in [0.05, 0.1) is 18.0 Å². The maximum atomic E-state index is 12.9. The molecule has 2 aromatic carbocycles. The Hall–Kier alpha value is -4.22. The molecule has 1 fully saturated rings. The fourth-order valence-corrected chi connectivity index (χ4v) is 5.22. The number of carbonyl (C=O) groups is 1. The minimum absolute atomic E-state index is 0.0312. The highest BCUT2D eigenvalue weighted by molar-refractivity contribution is 5.97. The molecular weight excluding hydrogens is 440 g/mol. The molecule has 0 saturated carbocycles. The van der Waals surface area contributed by atoms with Gasteiger partial charge in [-0.3, -0.25) is 9.36 Å². The summed E-state index contributed by atoms with van der Waals surface area (Å²) in [5.74, 6) is 1.55. The Morgan fingerprint density at radius 3 is 2.71 bits per heavy atom. The molecule has 0 aliphatic carbocycles. The smallest absolute Gasteiger partial charge is 0.230 e. The van der Waals surface area contributed by atoms with E-state index in [-0.39, 0.29) is 18.4 Å². The van der Waals surface area contributed by atoms with Crippen LogP contribution in [0.15, 0.2) is 54.7 Å². The van der Waals surface area contributed by atoms with Crippen molar-refractivity contribution in [2.75, 3.05) is 18.1 Å². The number of hydrogen-bond donors (Lipinski definition) is 1. The highest BCUT2D eigenvalue weighted by Gasteiger charge is 2.33. The molecule has 1 saturated heterocycles. The van der Waals surface area contributed by atoms with E-state index in [1.165, 1.54) is 0 Å². The van der Waals surface area contributed by atoms with Crippen LogP contribution in [0.2, 0.25) is 0 Å². The average Bonchev–Trinajstić information content (AvgIpc) is 3.55. The van der Waals surface area contributed by atoms with Gasteiger partial charge in [-0.2, -0.15) is 0 Å². The predicted octanol–water partition coefficient (Wildman–Crippen LogP) is 4.36. The summed E-state index contributed by atoms with van der Waals surface area (Å²) in [7, 11) is 0. The molecule has 6 rings (SSSR count). The first-order valence-electron chi connectivity index (χ1n) is 11.7. The monoisotopic (exact) mass is 464 g/mol. The molecular formula is C27H24N6O2. The Bertz CT molecular complexity index is 1490. The van der Waals surface area contributed by atoms with Gasteiger partial charge in [0.2, 0.25) is 5.91 Å². The third-order valence-electron chi connectivity index (χ3n) is 7.03. The van der Waals surface area contributed by atoms with Crippen molar-refractivity contribution >= 4 is 17.3 Å². The van der Waals surface area contributed by atoms with Gasteiger partial charge in [0, 0.05) is 43.1 Å². The molecule has 4 heterocycles. The van der Waals surface area contributed by atoms with E-state index in [9.17, 15) is 9.90 Å². The molecule has 2 aliphatic heterocycles. The van der Waals surface area contributed by atoms with Crippen LogP contribution in [-0.2, 0) is 11.3 Å². The Labute approximate surface area is 202 Å². The lowest BCUT2D eigenvalue weighted by Crippen LogP contribution is -2.27. The van der Waals surface area contributed by atoms with Crippen molar-refractivity contribution in [1.29, 1.82) is 0 Å². The zero-order valence-electron chi connectivity index (χ0n) is 19.3. The Balaban J connectivity index is 1.43. The summed E-state index contributed by atoms with van der Waals surface area (Å²) in [5.41, 5.74) is 6.63. The molecule has 8 nitrogen and oxygen atoms in total. The van der Waals surface area contributed by atoms with E-state index in [0.29, 0.717) is 25.2 Å². The summed E-state index contributed by atoms with van der Waals surface area (Å²) in [6.45, 7) is 10.5. The van der Waals surface area contributed by atoms with Crippen LogP contribution in [-0.4, -0.2) is 43.5 Å². The number of aliphatic hydroxyl groups is 1. The van der Waals surface area contributed by atoms with Gasteiger partial charge in [0.15, 0.2) is 11.5 Å².